The second-order valence-corrected chi connectivity index (χ2v) is 5.74. The van der Waals surface area contributed by atoms with Crippen LogP contribution in [0.25, 0.3) is 0 Å². The lowest BCUT2D eigenvalue weighted by molar-refractivity contribution is -0.138. The molecule has 0 saturated carbocycles. The standard InChI is InChI=1S/C17H25NO4/c1-12(2)9-11-22-15-6-4-14(5-7-15)16(19)8-10-18-13(3)17(20)21/h4-7,12-13,18H,8-11H2,1-3H3,(H,20,21)/t13-/m0/s1. The molecular formula is C17H25NO4. The summed E-state index contributed by atoms with van der Waals surface area (Å²) in [5, 5.41) is 11.5. The molecule has 0 amide bonds. The van der Waals surface area contributed by atoms with Gasteiger partial charge in [0, 0.05) is 18.5 Å². The molecule has 1 atom stereocenters. The summed E-state index contributed by atoms with van der Waals surface area (Å²) in [5.41, 5.74) is 0.612. The normalized spacial score (nSPS) is 12.2. The molecule has 1 aromatic carbocycles. The summed E-state index contributed by atoms with van der Waals surface area (Å²) < 4.78 is 5.60. The average Bonchev–Trinajstić information content (AvgIpc) is 2.47. The maximum absolute atomic E-state index is 12.0. The second kappa shape index (κ2) is 9.20. The lowest BCUT2D eigenvalue weighted by Crippen LogP contribution is -2.35. The summed E-state index contributed by atoms with van der Waals surface area (Å²) in [6, 6.07) is 6.42. The Kier molecular flexibility index (Phi) is 7.60. The fourth-order valence-electron chi connectivity index (χ4n) is 1.78. The number of benzene rings is 1. The first-order valence-corrected chi connectivity index (χ1v) is 7.62. The van der Waals surface area contributed by atoms with Gasteiger partial charge >= 0.3 is 5.97 Å². The number of hydrogen-bond acceptors (Lipinski definition) is 4. The first-order valence-electron chi connectivity index (χ1n) is 7.62. The number of ether oxygens (including phenoxy) is 1. The van der Waals surface area contributed by atoms with Crippen LogP contribution in [0.2, 0.25) is 0 Å². The lowest BCUT2D eigenvalue weighted by atomic mass is 10.1. The largest absolute Gasteiger partial charge is 0.494 e. The summed E-state index contributed by atoms with van der Waals surface area (Å²) in [6.45, 7) is 6.85. The van der Waals surface area contributed by atoms with Gasteiger partial charge in [0.05, 0.1) is 6.61 Å². The first kappa shape index (κ1) is 18.2. The molecule has 0 aromatic heterocycles. The van der Waals surface area contributed by atoms with Crippen LogP contribution in [-0.4, -0.2) is 36.1 Å². The van der Waals surface area contributed by atoms with E-state index in [1.807, 2.05) is 0 Å². The molecule has 0 aliphatic heterocycles. The molecule has 0 saturated heterocycles. The molecule has 2 N–H and O–H groups in total. The molecule has 122 valence electrons. The van der Waals surface area contributed by atoms with Crippen LogP contribution in [-0.2, 0) is 4.79 Å². The highest BCUT2D eigenvalue weighted by atomic mass is 16.5. The number of carbonyl (C=O) groups excluding carboxylic acids is 1. The molecule has 5 heteroatoms. The Morgan fingerprint density at radius 3 is 2.36 bits per heavy atom. The Morgan fingerprint density at radius 1 is 1.18 bits per heavy atom. The number of hydrogen-bond donors (Lipinski definition) is 2. The maximum atomic E-state index is 12.0. The average molecular weight is 307 g/mol. The van der Waals surface area contributed by atoms with Crippen LogP contribution in [0.4, 0.5) is 0 Å². The summed E-state index contributed by atoms with van der Waals surface area (Å²) in [4.78, 5) is 22.6. The molecule has 0 bridgehead atoms. The summed E-state index contributed by atoms with van der Waals surface area (Å²) >= 11 is 0. The van der Waals surface area contributed by atoms with Crippen LogP contribution in [0, 0.1) is 5.92 Å². The summed E-state index contributed by atoms with van der Waals surface area (Å²) in [5.74, 6) is 0.422. The molecule has 0 unspecified atom stereocenters. The van der Waals surface area contributed by atoms with Gasteiger partial charge in [0.15, 0.2) is 5.78 Å². The van der Waals surface area contributed by atoms with Gasteiger partial charge in [-0.25, -0.2) is 0 Å². The quantitative estimate of drug-likeness (QED) is 0.650. The minimum Gasteiger partial charge on any atom is -0.494 e. The highest BCUT2D eigenvalue weighted by Gasteiger charge is 2.11. The first-order chi connectivity index (χ1) is 10.4. The number of carboxylic acids is 1. The molecule has 1 aromatic rings. The van der Waals surface area contributed by atoms with E-state index in [0.717, 1.165) is 12.2 Å². The lowest BCUT2D eigenvalue weighted by Gasteiger charge is -2.09. The number of Topliss-reactive ketones (excluding diaryl/α,β-unsaturated/α-hetero) is 1. The number of ketones is 1. The highest BCUT2D eigenvalue weighted by Crippen LogP contribution is 2.14. The Labute approximate surface area is 131 Å². The molecule has 5 nitrogen and oxygen atoms in total. The monoisotopic (exact) mass is 307 g/mol. The van der Waals surface area contributed by atoms with Crippen LogP contribution >= 0.6 is 0 Å². The van der Waals surface area contributed by atoms with Crippen LogP contribution in [0.3, 0.4) is 0 Å². The van der Waals surface area contributed by atoms with E-state index in [1.165, 1.54) is 0 Å². The zero-order valence-electron chi connectivity index (χ0n) is 13.5. The minimum atomic E-state index is -0.921. The third-order valence-electron chi connectivity index (χ3n) is 3.31. The van der Waals surface area contributed by atoms with Gasteiger partial charge in [-0.1, -0.05) is 13.8 Å². The third-order valence-corrected chi connectivity index (χ3v) is 3.31. The maximum Gasteiger partial charge on any atom is 0.320 e. The Bertz CT molecular complexity index is 482. The topological polar surface area (TPSA) is 75.6 Å². The molecule has 0 aliphatic carbocycles. The van der Waals surface area contributed by atoms with Gasteiger partial charge in [0.1, 0.15) is 11.8 Å². The zero-order chi connectivity index (χ0) is 16.5. The van der Waals surface area contributed by atoms with Crippen molar-refractivity contribution >= 4 is 11.8 Å². The molecular weight excluding hydrogens is 282 g/mol. The molecule has 0 aliphatic rings. The van der Waals surface area contributed by atoms with Gasteiger partial charge in [-0.2, -0.15) is 0 Å². The van der Waals surface area contributed by atoms with E-state index in [-0.39, 0.29) is 12.2 Å². The van der Waals surface area contributed by atoms with E-state index < -0.39 is 12.0 Å². The van der Waals surface area contributed by atoms with Crippen molar-refractivity contribution in [2.45, 2.75) is 39.7 Å². The van der Waals surface area contributed by atoms with Crippen molar-refractivity contribution in [2.75, 3.05) is 13.2 Å². The predicted octanol–water partition coefficient (Wildman–Crippen LogP) is 2.75. The fraction of sp³-hybridized carbons (Fsp3) is 0.529. The van der Waals surface area contributed by atoms with Crippen LogP contribution in [0.1, 0.15) is 44.0 Å². The van der Waals surface area contributed by atoms with Crippen molar-refractivity contribution in [1.29, 1.82) is 0 Å². The van der Waals surface area contributed by atoms with Crippen molar-refractivity contribution in [2.24, 2.45) is 5.92 Å². The van der Waals surface area contributed by atoms with Crippen LogP contribution < -0.4 is 10.1 Å². The number of rotatable bonds is 10. The van der Waals surface area contributed by atoms with E-state index in [1.54, 1.807) is 31.2 Å². The molecule has 1 rings (SSSR count). The second-order valence-electron chi connectivity index (χ2n) is 5.74. The Hall–Kier alpha value is -1.88. The van der Waals surface area contributed by atoms with E-state index in [4.69, 9.17) is 9.84 Å². The fourth-order valence-corrected chi connectivity index (χ4v) is 1.78. The number of nitrogens with one attached hydrogen (secondary N) is 1. The molecule has 0 heterocycles. The molecule has 0 fully saturated rings. The predicted molar refractivity (Wildman–Crippen MR) is 85.4 cm³/mol. The van der Waals surface area contributed by atoms with Crippen molar-refractivity contribution in [1.82, 2.24) is 5.32 Å². The van der Waals surface area contributed by atoms with Crippen molar-refractivity contribution in [3.63, 3.8) is 0 Å². The van der Waals surface area contributed by atoms with Crippen molar-refractivity contribution in [3.05, 3.63) is 29.8 Å². The van der Waals surface area contributed by atoms with Crippen LogP contribution in [0.5, 0.6) is 5.75 Å². The number of aliphatic carboxylic acids is 1. The Morgan fingerprint density at radius 2 is 1.82 bits per heavy atom. The third kappa shape index (κ3) is 6.72. The number of carbonyl (C=O) groups is 2. The van der Waals surface area contributed by atoms with Crippen molar-refractivity contribution < 1.29 is 19.4 Å². The van der Waals surface area contributed by atoms with E-state index in [9.17, 15) is 9.59 Å². The van der Waals surface area contributed by atoms with Gasteiger partial charge < -0.3 is 15.2 Å². The Balaban J connectivity index is 2.38. The zero-order valence-corrected chi connectivity index (χ0v) is 13.5. The van der Waals surface area contributed by atoms with Gasteiger partial charge in [-0.3, -0.25) is 9.59 Å². The van der Waals surface area contributed by atoms with E-state index >= 15 is 0 Å². The SMILES string of the molecule is CC(C)CCOc1ccc(C(=O)CCN[C@@H](C)C(=O)O)cc1. The summed E-state index contributed by atoms with van der Waals surface area (Å²) in [7, 11) is 0. The highest BCUT2D eigenvalue weighted by molar-refractivity contribution is 5.96. The van der Waals surface area contributed by atoms with Gasteiger partial charge in [0.25, 0.3) is 0 Å². The van der Waals surface area contributed by atoms with Gasteiger partial charge in [-0.15, -0.1) is 0 Å². The molecule has 0 radical (unpaired) electrons. The van der Waals surface area contributed by atoms with Gasteiger partial charge in [0.2, 0.25) is 0 Å². The summed E-state index contributed by atoms with van der Waals surface area (Å²) in [6.07, 6.45) is 1.26. The van der Waals surface area contributed by atoms with Crippen LogP contribution in [0.15, 0.2) is 24.3 Å². The molecule has 22 heavy (non-hydrogen) atoms. The minimum absolute atomic E-state index is 0.0150. The number of carboxylic acid groups (broad SMARTS) is 1. The molecule has 0 spiro atoms. The van der Waals surface area contributed by atoms with Gasteiger partial charge in [-0.05, 0) is 43.5 Å². The van der Waals surface area contributed by atoms with E-state index in [2.05, 4.69) is 19.2 Å². The van der Waals surface area contributed by atoms with Crippen molar-refractivity contribution in [3.8, 4) is 5.75 Å². The smallest absolute Gasteiger partial charge is 0.320 e. The van der Waals surface area contributed by atoms with E-state index in [0.29, 0.717) is 24.6 Å².